The topological polar surface area (TPSA) is 118 Å². The summed E-state index contributed by atoms with van der Waals surface area (Å²) in [5.41, 5.74) is 4.70. The monoisotopic (exact) mass is 811 g/mol. The number of imide groups is 2. The van der Waals surface area contributed by atoms with Gasteiger partial charge in [-0.1, -0.05) is 29.5 Å². The van der Waals surface area contributed by atoms with Gasteiger partial charge in [0.15, 0.2) is 0 Å². The predicted molar refractivity (Wildman–Crippen MR) is 223 cm³/mol. The maximum absolute atomic E-state index is 13.6. The smallest absolute Gasteiger partial charge is 0.262 e. The highest BCUT2D eigenvalue weighted by molar-refractivity contribution is 6.33. The molecule has 6 aliphatic rings. The summed E-state index contributed by atoms with van der Waals surface area (Å²) < 4.78 is 0. The SMILES string of the molecule is [C-]#[N+]c1ccc(N2CC3(CCCN(C(=O)c4ccc(C#CC5CCN(C6CCN(c7ccc8c(c7)C(=O)N(C7CCC(=O)NC7=O)C8=O)CC6)CC5)cc4)C3)C2)cc1Cl. The summed E-state index contributed by atoms with van der Waals surface area (Å²) in [7, 11) is 0. The highest BCUT2D eigenvalue weighted by Crippen LogP contribution is 2.43. The van der Waals surface area contributed by atoms with E-state index in [1.54, 1.807) is 18.2 Å². The van der Waals surface area contributed by atoms with Gasteiger partial charge >= 0.3 is 0 Å². The van der Waals surface area contributed by atoms with Gasteiger partial charge in [0.05, 0.1) is 17.7 Å². The number of benzene rings is 3. The van der Waals surface area contributed by atoms with E-state index in [9.17, 15) is 24.0 Å². The summed E-state index contributed by atoms with van der Waals surface area (Å²) in [5, 5.41) is 2.72. The molecule has 59 heavy (non-hydrogen) atoms. The molecule has 5 saturated heterocycles. The van der Waals surface area contributed by atoms with Crippen molar-refractivity contribution >= 4 is 58.2 Å². The van der Waals surface area contributed by atoms with Crippen LogP contribution in [0.1, 0.15) is 88.0 Å². The number of nitrogens with one attached hydrogen (secondary N) is 1. The van der Waals surface area contributed by atoms with Gasteiger partial charge in [-0.05, 0) is 113 Å². The first kappa shape index (κ1) is 38.8. The fraction of sp³-hybridized carbons (Fsp3) is 0.435. The number of halogens is 1. The minimum Gasteiger partial charge on any atom is -0.371 e. The third kappa shape index (κ3) is 7.56. The summed E-state index contributed by atoms with van der Waals surface area (Å²) in [6.07, 6.45) is 6.34. The zero-order chi connectivity index (χ0) is 40.8. The number of nitrogens with zero attached hydrogens (tertiary/aromatic N) is 6. The zero-order valence-electron chi connectivity index (χ0n) is 32.9. The van der Waals surface area contributed by atoms with Crippen LogP contribution in [0.15, 0.2) is 60.7 Å². The van der Waals surface area contributed by atoms with Crippen LogP contribution < -0.4 is 15.1 Å². The molecule has 1 N–H and O–H groups in total. The first-order valence-electron chi connectivity index (χ1n) is 20.8. The number of piperidine rings is 4. The molecule has 6 heterocycles. The van der Waals surface area contributed by atoms with Crippen molar-refractivity contribution in [2.75, 3.05) is 62.2 Å². The van der Waals surface area contributed by atoms with Crippen molar-refractivity contribution in [2.24, 2.45) is 11.3 Å². The molecule has 6 aliphatic heterocycles. The van der Waals surface area contributed by atoms with Gasteiger partial charge in [0.25, 0.3) is 17.7 Å². The average Bonchev–Trinajstić information content (AvgIpc) is 3.49. The van der Waals surface area contributed by atoms with E-state index in [1.807, 2.05) is 47.4 Å². The van der Waals surface area contributed by atoms with E-state index in [0.29, 0.717) is 39.4 Å². The lowest BCUT2D eigenvalue weighted by Gasteiger charge is -2.55. The first-order valence-corrected chi connectivity index (χ1v) is 21.1. The molecule has 1 atom stereocenters. The predicted octanol–water partition coefficient (Wildman–Crippen LogP) is 5.77. The van der Waals surface area contributed by atoms with Crippen molar-refractivity contribution in [2.45, 2.75) is 63.5 Å². The van der Waals surface area contributed by atoms with Crippen molar-refractivity contribution in [1.82, 2.24) is 20.0 Å². The highest BCUT2D eigenvalue weighted by atomic mass is 35.5. The number of anilines is 2. The second-order valence-corrected chi connectivity index (χ2v) is 17.4. The first-order chi connectivity index (χ1) is 28.6. The van der Waals surface area contributed by atoms with E-state index < -0.39 is 23.8 Å². The number of likely N-dealkylation sites (tertiary alicyclic amines) is 2. The highest BCUT2D eigenvalue weighted by Gasteiger charge is 2.47. The number of amides is 5. The summed E-state index contributed by atoms with van der Waals surface area (Å²) in [5.74, 6) is 5.33. The quantitative estimate of drug-likeness (QED) is 0.196. The number of fused-ring (bicyclic) bond motifs is 1. The molecule has 0 aliphatic carbocycles. The normalized spacial score (nSPS) is 22.4. The van der Waals surface area contributed by atoms with E-state index in [-0.39, 0.29) is 30.1 Å². The Morgan fingerprint density at radius 2 is 1.51 bits per heavy atom. The van der Waals surface area contributed by atoms with Crippen LogP contribution in [-0.2, 0) is 9.59 Å². The second-order valence-electron chi connectivity index (χ2n) is 17.0. The lowest BCUT2D eigenvalue weighted by molar-refractivity contribution is -0.136. The van der Waals surface area contributed by atoms with Crippen LogP contribution in [-0.4, -0.2) is 109 Å². The standard InChI is InChI=1S/C46H46ClN7O5/c1-48-39-12-10-35(26-38(39)47)53-28-46(29-53)19-2-20-52(27-46)43(57)32-7-5-30(6-8-32)3-4-31-15-21-50(22-16-31)33-17-23-51(24-18-33)34-9-11-36-37(25-34)45(59)54(44(36)58)40-13-14-41(55)49-42(40)56/h5-12,25-26,31,33,40H,2,13-24,27-29H2,(H,49,55,56). The van der Waals surface area contributed by atoms with Crippen LogP contribution in [0, 0.1) is 29.7 Å². The van der Waals surface area contributed by atoms with E-state index in [0.717, 1.165) is 113 Å². The molecule has 302 valence electrons. The fourth-order valence-corrected chi connectivity index (χ4v) is 10.2. The van der Waals surface area contributed by atoms with Crippen LogP contribution in [0.2, 0.25) is 5.02 Å². The molecular weight excluding hydrogens is 766 g/mol. The molecule has 0 saturated carbocycles. The number of carbonyl (C=O) groups is 5. The molecule has 13 heteroatoms. The molecule has 1 spiro atoms. The summed E-state index contributed by atoms with van der Waals surface area (Å²) in [4.78, 5) is 77.8. The maximum Gasteiger partial charge on any atom is 0.262 e. The maximum atomic E-state index is 13.6. The van der Waals surface area contributed by atoms with Crippen molar-refractivity contribution in [1.29, 1.82) is 0 Å². The number of hydrogen-bond donors (Lipinski definition) is 1. The molecule has 0 aromatic heterocycles. The average molecular weight is 812 g/mol. The minimum absolute atomic E-state index is 0.0712. The Balaban J connectivity index is 0.729. The van der Waals surface area contributed by atoms with Gasteiger partial charge < -0.3 is 19.6 Å². The Kier molecular flexibility index (Phi) is 10.4. The van der Waals surface area contributed by atoms with Gasteiger partial charge in [-0.25, -0.2) is 4.85 Å². The van der Waals surface area contributed by atoms with Crippen molar-refractivity contribution in [3.8, 4) is 11.8 Å². The van der Waals surface area contributed by atoms with Gasteiger partial charge in [0.2, 0.25) is 17.5 Å². The lowest BCUT2D eigenvalue weighted by Crippen LogP contribution is -2.63. The van der Waals surface area contributed by atoms with Crippen LogP contribution in [0.3, 0.4) is 0 Å². The van der Waals surface area contributed by atoms with Gasteiger partial charge in [-0.2, -0.15) is 0 Å². The summed E-state index contributed by atoms with van der Waals surface area (Å²) >= 11 is 6.29. The number of rotatable bonds is 5. The summed E-state index contributed by atoms with van der Waals surface area (Å²) in [6, 6.07) is 18.2. The Morgan fingerprint density at radius 3 is 2.22 bits per heavy atom. The Hall–Kier alpha value is -5.69. The molecule has 3 aromatic rings. The van der Waals surface area contributed by atoms with Gasteiger partial charge in [0.1, 0.15) is 6.04 Å². The van der Waals surface area contributed by atoms with E-state index in [4.69, 9.17) is 18.2 Å². The lowest BCUT2D eigenvalue weighted by atomic mass is 9.73. The van der Waals surface area contributed by atoms with Crippen molar-refractivity contribution in [3.05, 3.63) is 99.4 Å². The minimum atomic E-state index is -0.970. The Bertz CT molecular complexity index is 2320. The summed E-state index contributed by atoms with van der Waals surface area (Å²) in [6.45, 7) is 14.2. The number of hydrogen-bond acceptors (Lipinski definition) is 8. The second kappa shape index (κ2) is 15.8. The van der Waals surface area contributed by atoms with Crippen LogP contribution in [0.5, 0.6) is 0 Å². The molecule has 0 bridgehead atoms. The van der Waals surface area contributed by atoms with Crippen LogP contribution in [0.25, 0.3) is 4.85 Å². The van der Waals surface area contributed by atoms with Gasteiger partial charge in [-0.3, -0.25) is 34.2 Å². The molecule has 5 fully saturated rings. The molecule has 12 nitrogen and oxygen atoms in total. The fourth-order valence-electron chi connectivity index (χ4n) is 9.99. The zero-order valence-corrected chi connectivity index (χ0v) is 33.7. The third-order valence-corrected chi connectivity index (χ3v) is 13.6. The van der Waals surface area contributed by atoms with E-state index in [2.05, 4.69) is 36.7 Å². The molecule has 9 rings (SSSR count). The number of carbonyl (C=O) groups excluding carboxylic acids is 5. The Labute approximate surface area is 349 Å². The van der Waals surface area contributed by atoms with Crippen LogP contribution >= 0.6 is 11.6 Å². The van der Waals surface area contributed by atoms with Gasteiger partial charge in [0, 0.05) is 90.6 Å². The van der Waals surface area contributed by atoms with Gasteiger partial charge in [-0.15, -0.1) is 0 Å². The largest absolute Gasteiger partial charge is 0.371 e. The molecule has 5 amide bonds. The molecule has 1 unspecified atom stereocenters. The van der Waals surface area contributed by atoms with E-state index in [1.165, 1.54) is 0 Å². The van der Waals surface area contributed by atoms with Crippen molar-refractivity contribution in [3.63, 3.8) is 0 Å². The molecular formula is C46H46ClN7O5. The van der Waals surface area contributed by atoms with E-state index >= 15 is 0 Å². The third-order valence-electron chi connectivity index (χ3n) is 13.3. The molecule has 0 radical (unpaired) electrons. The van der Waals surface area contributed by atoms with Crippen molar-refractivity contribution < 1.29 is 24.0 Å². The Morgan fingerprint density at radius 1 is 0.797 bits per heavy atom. The molecule has 3 aromatic carbocycles. The van der Waals surface area contributed by atoms with Crippen LogP contribution in [0.4, 0.5) is 17.1 Å².